The number of esters is 1. The molecule has 1 aromatic rings. The number of alkyl carbamates (subject to hydrolysis) is 1. The van der Waals surface area contributed by atoms with Gasteiger partial charge in [-0.3, -0.25) is 9.59 Å². The van der Waals surface area contributed by atoms with Crippen molar-refractivity contribution in [2.75, 3.05) is 19.7 Å². The Hall–Kier alpha value is -2.97. The SMILES string of the molecule is CCOC(=O)C(F)C(=O)C1CCCCN1C(=O)CNC(=O)OCc1ccccc1. The Balaban J connectivity index is 1.87. The van der Waals surface area contributed by atoms with Crippen molar-refractivity contribution >= 4 is 23.8 Å². The zero-order valence-corrected chi connectivity index (χ0v) is 16.3. The average Bonchev–Trinajstić information content (AvgIpc) is 2.75. The first-order valence-corrected chi connectivity index (χ1v) is 9.52. The molecule has 0 aromatic heterocycles. The van der Waals surface area contributed by atoms with Gasteiger partial charge in [0.05, 0.1) is 12.6 Å². The van der Waals surface area contributed by atoms with Crippen LogP contribution in [0.4, 0.5) is 9.18 Å². The third-order valence-corrected chi connectivity index (χ3v) is 4.49. The molecule has 0 aliphatic carbocycles. The van der Waals surface area contributed by atoms with E-state index in [1.165, 1.54) is 11.8 Å². The predicted octanol–water partition coefficient (Wildman–Crippen LogP) is 1.76. The summed E-state index contributed by atoms with van der Waals surface area (Å²) in [5.74, 6) is -2.79. The van der Waals surface area contributed by atoms with Gasteiger partial charge in [-0.05, 0) is 31.7 Å². The van der Waals surface area contributed by atoms with Crippen molar-refractivity contribution in [2.24, 2.45) is 0 Å². The lowest BCUT2D eigenvalue weighted by atomic mass is 9.96. The van der Waals surface area contributed by atoms with E-state index in [9.17, 15) is 23.6 Å². The van der Waals surface area contributed by atoms with Gasteiger partial charge in [0.25, 0.3) is 6.17 Å². The predicted molar refractivity (Wildman–Crippen MR) is 101 cm³/mol. The van der Waals surface area contributed by atoms with Gasteiger partial charge in [-0.15, -0.1) is 0 Å². The van der Waals surface area contributed by atoms with E-state index < -0.39 is 42.5 Å². The molecule has 1 saturated heterocycles. The normalized spacial score (nSPS) is 17.2. The second-order valence-electron chi connectivity index (χ2n) is 6.53. The Kier molecular flexibility index (Phi) is 8.57. The van der Waals surface area contributed by atoms with Crippen LogP contribution in [0.3, 0.4) is 0 Å². The third kappa shape index (κ3) is 6.55. The summed E-state index contributed by atoms with van der Waals surface area (Å²) in [6, 6.07) is 7.98. The van der Waals surface area contributed by atoms with Gasteiger partial charge in [-0.25, -0.2) is 14.0 Å². The monoisotopic (exact) mass is 408 g/mol. The molecule has 29 heavy (non-hydrogen) atoms. The smallest absolute Gasteiger partial charge is 0.407 e. The highest BCUT2D eigenvalue weighted by Gasteiger charge is 2.39. The van der Waals surface area contributed by atoms with Gasteiger partial charge in [0, 0.05) is 6.54 Å². The minimum atomic E-state index is -2.43. The molecule has 0 bridgehead atoms. The molecule has 2 unspecified atom stereocenters. The van der Waals surface area contributed by atoms with Gasteiger partial charge in [-0.1, -0.05) is 30.3 Å². The summed E-state index contributed by atoms with van der Waals surface area (Å²) >= 11 is 0. The number of alkyl halides is 1. The zero-order chi connectivity index (χ0) is 21.2. The summed E-state index contributed by atoms with van der Waals surface area (Å²) in [7, 11) is 0. The van der Waals surface area contributed by atoms with Gasteiger partial charge in [0.15, 0.2) is 0 Å². The summed E-state index contributed by atoms with van der Waals surface area (Å²) in [4.78, 5) is 49.3. The van der Waals surface area contributed by atoms with Crippen LogP contribution in [0.25, 0.3) is 0 Å². The number of hydrogen-bond acceptors (Lipinski definition) is 6. The molecule has 0 saturated carbocycles. The van der Waals surface area contributed by atoms with Crippen LogP contribution in [-0.2, 0) is 30.5 Å². The molecule has 8 nitrogen and oxygen atoms in total. The van der Waals surface area contributed by atoms with Crippen LogP contribution in [-0.4, -0.2) is 60.6 Å². The third-order valence-electron chi connectivity index (χ3n) is 4.49. The lowest BCUT2D eigenvalue weighted by molar-refractivity contribution is -0.156. The van der Waals surface area contributed by atoms with Gasteiger partial charge in [-0.2, -0.15) is 0 Å². The summed E-state index contributed by atoms with van der Waals surface area (Å²) in [6.07, 6.45) is -1.69. The number of halogens is 1. The number of carbonyl (C=O) groups is 4. The minimum absolute atomic E-state index is 0.0468. The molecule has 1 aliphatic heterocycles. The first kappa shape index (κ1) is 22.3. The molecule has 1 aromatic carbocycles. The standard InChI is InChI=1S/C20H25FN2O6/c1-2-28-19(26)17(21)18(25)15-10-6-7-11-23(15)16(24)12-22-20(27)29-13-14-8-4-3-5-9-14/h3-5,8-9,15,17H,2,6-7,10-13H2,1H3,(H,22,27). The van der Waals surface area contributed by atoms with E-state index in [-0.39, 0.29) is 26.2 Å². The molecule has 1 fully saturated rings. The molecule has 158 valence electrons. The first-order valence-electron chi connectivity index (χ1n) is 9.52. The zero-order valence-electron chi connectivity index (χ0n) is 16.3. The van der Waals surface area contributed by atoms with E-state index in [4.69, 9.17) is 4.74 Å². The Morgan fingerprint density at radius 1 is 1.17 bits per heavy atom. The molecule has 0 radical (unpaired) electrons. The number of Topliss-reactive ketones (excluding diaryl/α,β-unsaturated/α-hetero) is 1. The van der Waals surface area contributed by atoms with Crippen molar-refractivity contribution < 1.29 is 33.0 Å². The van der Waals surface area contributed by atoms with E-state index in [0.717, 1.165) is 5.56 Å². The Labute approximate surface area is 168 Å². The van der Waals surface area contributed by atoms with E-state index in [2.05, 4.69) is 10.1 Å². The number of carbonyl (C=O) groups excluding carboxylic acids is 4. The van der Waals surface area contributed by atoms with Crippen molar-refractivity contribution in [3.8, 4) is 0 Å². The second kappa shape index (κ2) is 11.1. The fraction of sp³-hybridized carbons (Fsp3) is 0.500. The Morgan fingerprint density at radius 3 is 2.59 bits per heavy atom. The number of rotatable bonds is 8. The molecule has 1 aliphatic rings. The molecule has 2 atom stereocenters. The van der Waals surface area contributed by atoms with Crippen molar-refractivity contribution in [1.29, 1.82) is 0 Å². The van der Waals surface area contributed by atoms with Gasteiger partial charge in [0.1, 0.15) is 13.2 Å². The van der Waals surface area contributed by atoms with Crippen LogP contribution in [0.5, 0.6) is 0 Å². The van der Waals surface area contributed by atoms with Gasteiger partial charge < -0.3 is 19.7 Å². The van der Waals surface area contributed by atoms with Gasteiger partial charge >= 0.3 is 12.1 Å². The summed E-state index contributed by atoms with van der Waals surface area (Å²) < 4.78 is 23.7. The van der Waals surface area contributed by atoms with Crippen LogP contribution in [0.15, 0.2) is 30.3 Å². The number of nitrogens with zero attached hydrogens (tertiary/aromatic N) is 1. The maximum absolute atomic E-state index is 14.1. The van der Waals surface area contributed by atoms with E-state index in [1.807, 2.05) is 18.2 Å². The minimum Gasteiger partial charge on any atom is -0.463 e. The molecule has 0 spiro atoms. The maximum Gasteiger partial charge on any atom is 0.407 e. The van der Waals surface area contributed by atoms with Crippen molar-refractivity contribution in [3.05, 3.63) is 35.9 Å². The fourth-order valence-corrected chi connectivity index (χ4v) is 3.05. The van der Waals surface area contributed by atoms with E-state index in [1.54, 1.807) is 12.1 Å². The quantitative estimate of drug-likeness (QED) is 0.520. The summed E-state index contributed by atoms with van der Waals surface area (Å²) in [5, 5.41) is 2.33. The lowest BCUT2D eigenvalue weighted by Gasteiger charge is -2.35. The molecular formula is C20H25FN2O6. The second-order valence-corrected chi connectivity index (χ2v) is 6.53. The summed E-state index contributed by atoms with van der Waals surface area (Å²) in [5.41, 5.74) is 0.795. The Bertz CT molecular complexity index is 727. The molecular weight excluding hydrogens is 383 g/mol. The van der Waals surface area contributed by atoms with Crippen LogP contribution < -0.4 is 5.32 Å². The fourth-order valence-electron chi connectivity index (χ4n) is 3.05. The number of likely N-dealkylation sites (tertiary alicyclic amines) is 1. The average molecular weight is 408 g/mol. The lowest BCUT2D eigenvalue weighted by Crippen LogP contribution is -2.54. The Morgan fingerprint density at radius 2 is 1.90 bits per heavy atom. The number of nitrogens with one attached hydrogen (secondary N) is 1. The van der Waals surface area contributed by atoms with Crippen molar-refractivity contribution in [3.63, 3.8) is 0 Å². The number of piperidine rings is 1. The van der Waals surface area contributed by atoms with Crippen molar-refractivity contribution in [1.82, 2.24) is 10.2 Å². The topological polar surface area (TPSA) is 102 Å². The highest BCUT2D eigenvalue weighted by atomic mass is 19.1. The number of benzene rings is 1. The number of ketones is 1. The maximum atomic E-state index is 14.1. The molecule has 1 heterocycles. The van der Waals surface area contributed by atoms with E-state index >= 15 is 0 Å². The van der Waals surface area contributed by atoms with Crippen molar-refractivity contribution in [2.45, 2.75) is 45.0 Å². The number of amides is 2. The number of ether oxygens (including phenoxy) is 2. The van der Waals surface area contributed by atoms with E-state index in [0.29, 0.717) is 12.8 Å². The number of hydrogen-bond donors (Lipinski definition) is 1. The largest absolute Gasteiger partial charge is 0.463 e. The molecule has 2 amide bonds. The van der Waals surface area contributed by atoms with Crippen LogP contribution in [0.1, 0.15) is 31.7 Å². The van der Waals surface area contributed by atoms with Crippen LogP contribution in [0.2, 0.25) is 0 Å². The van der Waals surface area contributed by atoms with Gasteiger partial charge in [0.2, 0.25) is 11.7 Å². The first-order chi connectivity index (χ1) is 13.9. The molecule has 2 rings (SSSR count). The highest BCUT2D eigenvalue weighted by molar-refractivity contribution is 6.05. The van der Waals surface area contributed by atoms with Crippen LogP contribution in [0, 0.1) is 0 Å². The highest BCUT2D eigenvalue weighted by Crippen LogP contribution is 2.20. The summed E-state index contributed by atoms with van der Waals surface area (Å²) in [6.45, 7) is 1.36. The molecule has 9 heteroatoms. The molecule has 1 N–H and O–H groups in total. The van der Waals surface area contributed by atoms with Crippen LogP contribution >= 0.6 is 0 Å².